The maximum absolute atomic E-state index is 13.9. The fourth-order valence-corrected chi connectivity index (χ4v) is 3.87. The highest BCUT2D eigenvalue weighted by Gasteiger charge is 2.47. The van der Waals surface area contributed by atoms with Crippen LogP contribution in [-0.2, 0) is 9.59 Å². The van der Waals surface area contributed by atoms with Gasteiger partial charge in [0.2, 0.25) is 0 Å². The van der Waals surface area contributed by atoms with Crippen molar-refractivity contribution in [3.63, 3.8) is 0 Å². The Bertz CT molecular complexity index is 1250. The molecule has 156 valence electrons. The number of nitrogens with zero attached hydrogens (tertiary/aromatic N) is 1. The molecule has 0 saturated carbocycles. The molecule has 3 aromatic carbocycles. The van der Waals surface area contributed by atoms with Crippen molar-refractivity contribution < 1.29 is 24.2 Å². The van der Waals surface area contributed by atoms with Gasteiger partial charge in [0.1, 0.15) is 17.3 Å². The Morgan fingerprint density at radius 1 is 0.968 bits per heavy atom. The Hall–Kier alpha value is -3.93. The molecule has 3 aromatic rings. The molecule has 0 aromatic heterocycles. The smallest absolute Gasteiger partial charge is 0.300 e. The third kappa shape index (κ3) is 3.57. The van der Waals surface area contributed by atoms with E-state index in [0.29, 0.717) is 11.1 Å². The number of aliphatic hydroxyl groups excluding tert-OH is 1. The number of hydrogen-bond acceptors (Lipinski definition) is 4. The predicted molar refractivity (Wildman–Crippen MR) is 115 cm³/mol. The molecule has 0 bridgehead atoms. The maximum atomic E-state index is 13.9. The summed E-state index contributed by atoms with van der Waals surface area (Å²) >= 11 is 0. The van der Waals surface area contributed by atoms with E-state index in [0.717, 1.165) is 22.1 Å². The van der Waals surface area contributed by atoms with Gasteiger partial charge in [0.05, 0.1) is 11.6 Å². The van der Waals surface area contributed by atoms with Gasteiger partial charge in [-0.1, -0.05) is 35.9 Å². The molecule has 0 aliphatic carbocycles. The third-order valence-corrected chi connectivity index (χ3v) is 5.36. The lowest BCUT2D eigenvalue weighted by Gasteiger charge is -2.25. The first-order valence-electron chi connectivity index (χ1n) is 9.71. The number of phenolic OH excluding ortho intramolecular Hbond substituents is 1. The van der Waals surface area contributed by atoms with Crippen LogP contribution in [0.5, 0.6) is 5.75 Å². The summed E-state index contributed by atoms with van der Waals surface area (Å²) in [6, 6.07) is 15.8. The number of hydrogen-bond donors (Lipinski definition) is 2. The SMILES string of the molecule is Cc1ccc(C)c(/C(O)=C2\C(=O)C(=O)N(c3cccc(F)c3)C2c2cccc(O)c2)c1. The average Bonchev–Trinajstić information content (AvgIpc) is 3.00. The van der Waals surface area contributed by atoms with Crippen LogP contribution in [0.25, 0.3) is 5.76 Å². The van der Waals surface area contributed by atoms with Gasteiger partial charge < -0.3 is 10.2 Å². The van der Waals surface area contributed by atoms with E-state index in [-0.39, 0.29) is 22.8 Å². The zero-order valence-corrected chi connectivity index (χ0v) is 17.0. The van der Waals surface area contributed by atoms with Crippen LogP contribution >= 0.6 is 0 Å². The number of carbonyl (C=O) groups excluding carboxylic acids is 2. The zero-order chi connectivity index (χ0) is 22.3. The molecule has 6 heteroatoms. The van der Waals surface area contributed by atoms with Gasteiger partial charge in [0, 0.05) is 11.3 Å². The fraction of sp³-hybridized carbons (Fsp3) is 0.120. The molecule has 0 radical (unpaired) electrons. The normalized spacial score (nSPS) is 17.9. The van der Waals surface area contributed by atoms with Crippen molar-refractivity contribution in [3.05, 3.63) is 100 Å². The number of amides is 1. The van der Waals surface area contributed by atoms with Crippen LogP contribution in [0.3, 0.4) is 0 Å². The number of carbonyl (C=O) groups is 2. The van der Waals surface area contributed by atoms with Crippen LogP contribution in [0.1, 0.15) is 28.3 Å². The van der Waals surface area contributed by atoms with Crippen LogP contribution in [-0.4, -0.2) is 21.9 Å². The summed E-state index contributed by atoms with van der Waals surface area (Å²) in [5.41, 5.74) is 2.51. The quantitative estimate of drug-likeness (QED) is 0.365. The van der Waals surface area contributed by atoms with Gasteiger partial charge in [-0.2, -0.15) is 0 Å². The lowest BCUT2D eigenvalue weighted by molar-refractivity contribution is -0.132. The molecule has 1 aliphatic heterocycles. The first kappa shape index (κ1) is 20.3. The van der Waals surface area contributed by atoms with Gasteiger partial charge >= 0.3 is 0 Å². The number of halogens is 1. The second-order valence-electron chi connectivity index (χ2n) is 7.56. The van der Waals surface area contributed by atoms with E-state index in [1.807, 2.05) is 19.1 Å². The molecule has 2 N–H and O–H groups in total. The van der Waals surface area contributed by atoms with E-state index in [9.17, 15) is 24.2 Å². The largest absolute Gasteiger partial charge is 0.508 e. The first-order chi connectivity index (χ1) is 14.8. The molecule has 1 fully saturated rings. The van der Waals surface area contributed by atoms with Gasteiger partial charge in [-0.15, -0.1) is 0 Å². The van der Waals surface area contributed by atoms with E-state index in [1.165, 1.54) is 30.3 Å². The van der Waals surface area contributed by atoms with Gasteiger partial charge in [0.15, 0.2) is 0 Å². The summed E-state index contributed by atoms with van der Waals surface area (Å²) in [6.45, 7) is 3.65. The van der Waals surface area contributed by atoms with Crippen molar-refractivity contribution in [1.29, 1.82) is 0 Å². The van der Waals surface area contributed by atoms with Crippen molar-refractivity contribution in [2.45, 2.75) is 19.9 Å². The van der Waals surface area contributed by atoms with Crippen molar-refractivity contribution in [3.8, 4) is 5.75 Å². The summed E-state index contributed by atoms with van der Waals surface area (Å²) in [4.78, 5) is 27.3. The third-order valence-electron chi connectivity index (χ3n) is 5.36. The summed E-state index contributed by atoms with van der Waals surface area (Å²) in [6.07, 6.45) is 0. The highest BCUT2D eigenvalue weighted by atomic mass is 19.1. The molecule has 1 aliphatic rings. The van der Waals surface area contributed by atoms with Crippen molar-refractivity contribution in [1.82, 2.24) is 0 Å². The van der Waals surface area contributed by atoms with E-state index in [4.69, 9.17) is 0 Å². The second kappa shape index (κ2) is 7.72. The lowest BCUT2D eigenvalue weighted by Crippen LogP contribution is -2.29. The minimum atomic E-state index is -1.03. The minimum Gasteiger partial charge on any atom is -0.508 e. The van der Waals surface area contributed by atoms with E-state index < -0.39 is 23.5 Å². The van der Waals surface area contributed by atoms with Crippen LogP contribution in [0, 0.1) is 19.7 Å². The molecule has 4 rings (SSSR count). The van der Waals surface area contributed by atoms with Crippen molar-refractivity contribution >= 4 is 23.1 Å². The molecule has 0 spiro atoms. The predicted octanol–water partition coefficient (Wildman–Crippen LogP) is 4.77. The van der Waals surface area contributed by atoms with Gasteiger partial charge in [-0.05, 0) is 61.4 Å². The van der Waals surface area contributed by atoms with Gasteiger partial charge in [0.25, 0.3) is 11.7 Å². The van der Waals surface area contributed by atoms with Gasteiger partial charge in [-0.25, -0.2) is 4.39 Å². The van der Waals surface area contributed by atoms with E-state index >= 15 is 0 Å². The molecular weight excluding hydrogens is 397 g/mol. The number of phenols is 1. The second-order valence-corrected chi connectivity index (χ2v) is 7.56. The molecular formula is C25H20FNO4. The fourth-order valence-electron chi connectivity index (χ4n) is 3.87. The standard InChI is InChI=1S/C25H20FNO4/c1-14-9-10-15(2)20(11-14)23(29)21-22(16-5-3-8-19(28)12-16)27(25(31)24(21)30)18-7-4-6-17(26)13-18/h3-13,22,28-29H,1-2H3/b23-21+. The average molecular weight is 417 g/mol. The zero-order valence-electron chi connectivity index (χ0n) is 17.0. The van der Waals surface area contributed by atoms with Gasteiger partial charge in [-0.3, -0.25) is 14.5 Å². The lowest BCUT2D eigenvalue weighted by atomic mass is 9.93. The number of aromatic hydroxyl groups is 1. The first-order valence-corrected chi connectivity index (χ1v) is 9.71. The van der Waals surface area contributed by atoms with Crippen LogP contribution in [0.4, 0.5) is 10.1 Å². The Kier molecular flexibility index (Phi) is 5.07. The number of benzene rings is 3. The molecule has 1 unspecified atom stereocenters. The summed E-state index contributed by atoms with van der Waals surface area (Å²) in [5.74, 6) is -2.70. The van der Waals surface area contributed by atoms with Crippen LogP contribution in [0.15, 0.2) is 72.3 Å². The Morgan fingerprint density at radius 3 is 2.42 bits per heavy atom. The molecule has 1 amide bonds. The summed E-state index contributed by atoms with van der Waals surface area (Å²) in [7, 11) is 0. The van der Waals surface area contributed by atoms with Crippen molar-refractivity contribution in [2.24, 2.45) is 0 Å². The number of aliphatic hydroxyl groups is 1. The number of anilines is 1. The molecule has 5 nitrogen and oxygen atoms in total. The van der Waals surface area contributed by atoms with E-state index in [1.54, 1.807) is 25.1 Å². The maximum Gasteiger partial charge on any atom is 0.300 e. The summed E-state index contributed by atoms with van der Waals surface area (Å²) < 4.78 is 13.9. The molecule has 1 heterocycles. The van der Waals surface area contributed by atoms with Crippen LogP contribution in [0.2, 0.25) is 0 Å². The highest BCUT2D eigenvalue weighted by Crippen LogP contribution is 2.43. The summed E-state index contributed by atoms with van der Waals surface area (Å²) in [5, 5.41) is 21.2. The molecule has 1 saturated heterocycles. The van der Waals surface area contributed by atoms with Crippen LogP contribution < -0.4 is 4.90 Å². The monoisotopic (exact) mass is 417 g/mol. The Labute approximate surface area is 178 Å². The molecule has 31 heavy (non-hydrogen) atoms. The number of rotatable bonds is 3. The Morgan fingerprint density at radius 2 is 1.71 bits per heavy atom. The van der Waals surface area contributed by atoms with Crippen molar-refractivity contribution in [2.75, 3.05) is 4.90 Å². The molecule has 1 atom stereocenters. The number of Topliss-reactive ketones (excluding diaryl/α,β-unsaturated/α-hetero) is 1. The highest BCUT2D eigenvalue weighted by molar-refractivity contribution is 6.51. The number of aryl methyl sites for hydroxylation is 2. The van der Waals surface area contributed by atoms with E-state index in [2.05, 4.69) is 0 Å². The Balaban J connectivity index is 2.00. The minimum absolute atomic E-state index is 0.0610. The topological polar surface area (TPSA) is 77.8 Å². The number of ketones is 1.